The zero-order valence-corrected chi connectivity index (χ0v) is 34.7. The molecule has 294 valence electrons. The third kappa shape index (κ3) is 4.85. The molecule has 0 aliphatic carbocycles. The van der Waals surface area contributed by atoms with Crippen molar-refractivity contribution in [2.24, 2.45) is 0 Å². The summed E-state index contributed by atoms with van der Waals surface area (Å²) in [7, 11) is 0. The van der Waals surface area contributed by atoms with E-state index in [0.717, 1.165) is 62.5 Å². The summed E-state index contributed by atoms with van der Waals surface area (Å²) in [5, 5.41) is 2.43. The maximum atomic E-state index is 6.73. The number of rotatable bonds is 3. The number of hydrogen-bond acceptors (Lipinski definition) is 4. The van der Waals surface area contributed by atoms with Crippen LogP contribution in [0, 0.1) is 13.8 Å². The van der Waals surface area contributed by atoms with Crippen LogP contribution >= 0.6 is 0 Å². The molecular formula is C56H37B2N3O2. The van der Waals surface area contributed by atoms with E-state index < -0.39 is 0 Å². The largest absolute Gasteiger partial charge is 0.458 e. The fourth-order valence-electron chi connectivity index (χ4n) is 11.1. The molecule has 14 rings (SSSR count). The Morgan fingerprint density at radius 1 is 0.349 bits per heavy atom. The number of para-hydroxylation sites is 3. The van der Waals surface area contributed by atoms with E-state index in [4.69, 9.17) is 9.47 Å². The Hall–Kier alpha value is -7.89. The van der Waals surface area contributed by atoms with E-state index >= 15 is 0 Å². The van der Waals surface area contributed by atoms with Gasteiger partial charge in [-0.1, -0.05) is 114 Å². The maximum Gasteiger partial charge on any atom is 0.256 e. The molecule has 0 unspecified atom stereocenters. The maximum absolute atomic E-state index is 6.73. The van der Waals surface area contributed by atoms with Crippen LogP contribution in [0.4, 0.5) is 34.1 Å². The van der Waals surface area contributed by atoms with Crippen molar-refractivity contribution >= 4 is 102 Å². The predicted molar refractivity (Wildman–Crippen MR) is 262 cm³/mol. The minimum atomic E-state index is -0.0242. The number of ether oxygens (including phenoxy) is 2. The van der Waals surface area contributed by atoms with Crippen molar-refractivity contribution in [2.45, 2.75) is 13.8 Å². The molecule has 0 saturated carbocycles. The third-order valence-electron chi connectivity index (χ3n) is 13.8. The van der Waals surface area contributed by atoms with Crippen LogP contribution in [-0.4, -0.2) is 18.0 Å². The van der Waals surface area contributed by atoms with Crippen LogP contribution in [-0.2, 0) is 0 Å². The van der Waals surface area contributed by atoms with Crippen molar-refractivity contribution in [2.75, 3.05) is 9.80 Å². The molecule has 0 N–H and O–H groups in total. The Labute approximate surface area is 366 Å². The van der Waals surface area contributed by atoms with Crippen LogP contribution in [0.5, 0.6) is 23.0 Å². The van der Waals surface area contributed by atoms with E-state index in [-0.39, 0.29) is 13.4 Å². The highest BCUT2D eigenvalue weighted by Gasteiger charge is 2.44. The highest BCUT2D eigenvalue weighted by Crippen LogP contribution is 2.46. The first-order chi connectivity index (χ1) is 31.1. The fraction of sp³-hybridized carbons (Fsp3) is 0.0357. The Morgan fingerprint density at radius 3 is 1.25 bits per heavy atom. The third-order valence-corrected chi connectivity index (χ3v) is 13.8. The first-order valence-corrected chi connectivity index (χ1v) is 21.8. The van der Waals surface area contributed by atoms with Gasteiger partial charge in [-0.15, -0.1) is 0 Å². The number of benzene rings is 9. The summed E-state index contributed by atoms with van der Waals surface area (Å²) in [5.41, 5.74) is 20.0. The predicted octanol–water partition coefficient (Wildman–Crippen LogP) is 10.2. The highest BCUT2D eigenvalue weighted by molar-refractivity contribution is 7.00. The molecule has 7 heteroatoms. The summed E-state index contributed by atoms with van der Waals surface area (Å²) in [5.74, 6) is 3.63. The van der Waals surface area contributed by atoms with Gasteiger partial charge in [-0.25, -0.2) is 0 Å². The van der Waals surface area contributed by atoms with Gasteiger partial charge < -0.3 is 23.8 Å². The topological polar surface area (TPSA) is 29.9 Å². The van der Waals surface area contributed by atoms with E-state index in [1.54, 1.807) is 0 Å². The lowest BCUT2D eigenvalue weighted by Gasteiger charge is -2.40. The van der Waals surface area contributed by atoms with Crippen LogP contribution in [0.15, 0.2) is 188 Å². The van der Waals surface area contributed by atoms with Gasteiger partial charge >= 0.3 is 0 Å². The highest BCUT2D eigenvalue weighted by atomic mass is 16.5. The Morgan fingerprint density at radius 2 is 0.778 bits per heavy atom. The fourth-order valence-corrected chi connectivity index (χ4v) is 11.1. The van der Waals surface area contributed by atoms with Gasteiger partial charge in [-0.05, 0) is 132 Å². The average molecular weight is 806 g/mol. The molecule has 0 spiro atoms. The molecule has 63 heavy (non-hydrogen) atoms. The van der Waals surface area contributed by atoms with Gasteiger partial charge in [0, 0.05) is 50.6 Å². The van der Waals surface area contributed by atoms with Gasteiger partial charge in [0.2, 0.25) is 0 Å². The zero-order valence-electron chi connectivity index (χ0n) is 34.7. The van der Waals surface area contributed by atoms with Gasteiger partial charge in [0.1, 0.15) is 23.0 Å². The molecule has 1 aromatic heterocycles. The number of nitrogens with zero attached hydrogens (tertiary/aromatic N) is 3. The van der Waals surface area contributed by atoms with E-state index in [1.807, 2.05) is 0 Å². The standard InChI is InChI=1S/C56H37B2N3O2/c1-34-22-26-37(27-23-34)59-45-16-10-20-53-55(45)57(41-14-6-8-18-51(41)62-53)43-30-39-40-31-44-50(33-48(40)61(47(39)32-49(43)59)36-12-4-3-5-13-36)60(38-28-24-35(2)25-29-38)46-17-11-21-54-56(46)58(44)42-15-7-9-19-52(42)63-54/h3-33H,1-2H3. The first kappa shape index (κ1) is 34.8. The number of anilines is 6. The molecule has 0 radical (unpaired) electrons. The lowest BCUT2D eigenvalue weighted by Crippen LogP contribution is -2.59. The van der Waals surface area contributed by atoms with Crippen LogP contribution in [0.2, 0.25) is 0 Å². The van der Waals surface area contributed by atoms with Crippen LogP contribution in [0.1, 0.15) is 11.1 Å². The molecule has 0 bridgehead atoms. The molecule has 9 aromatic carbocycles. The molecule has 0 saturated heterocycles. The number of fused-ring (bicyclic) bond motifs is 11. The van der Waals surface area contributed by atoms with Crippen LogP contribution < -0.4 is 52.1 Å². The molecule has 0 atom stereocenters. The van der Waals surface area contributed by atoms with Gasteiger partial charge in [0.05, 0.1) is 11.0 Å². The van der Waals surface area contributed by atoms with Crippen molar-refractivity contribution in [1.29, 1.82) is 0 Å². The van der Waals surface area contributed by atoms with Crippen molar-refractivity contribution in [1.82, 2.24) is 4.57 Å². The molecule has 0 fully saturated rings. The zero-order chi connectivity index (χ0) is 41.5. The summed E-state index contributed by atoms with van der Waals surface area (Å²) in [6.45, 7) is 4.25. The number of aryl methyl sites for hydroxylation is 2. The summed E-state index contributed by atoms with van der Waals surface area (Å²) in [6.07, 6.45) is 0. The second kappa shape index (κ2) is 12.8. The molecule has 4 aliphatic rings. The first-order valence-electron chi connectivity index (χ1n) is 21.8. The lowest BCUT2D eigenvalue weighted by atomic mass is 9.34. The van der Waals surface area contributed by atoms with Crippen molar-refractivity contribution in [3.63, 3.8) is 0 Å². The van der Waals surface area contributed by atoms with Gasteiger partial charge in [-0.2, -0.15) is 0 Å². The monoisotopic (exact) mass is 805 g/mol. The number of aromatic nitrogens is 1. The van der Waals surface area contributed by atoms with Gasteiger partial charge in [0.25, 0.3) is 13.4 Å². The van der Waals surface area contributed by atoms with E-state index in [2.05, 4.69) is 216 Å². The van der Waals surface area contributed by atoms with E-state index in [9.17, 15) is 0 Å². The second-order valence-corrected chi connectivity index (χ2v) is 17.4. The van der Waals surface area contributed by atoms with Crippen LogP contribution in [0.25, 0.3) is 27.5 Å². The Bertz CT molecular complexity index is 3350. The molecule has 5 heterocycles. The molecule has 5 nitrogen and oxygen atoms in total. The second-order valence-electron chi connectivity index (χ2n) is 17.4. The minimum Gasteiger partial charge on any atom is -0.458 e. The molecular weight excluding hydrogens is 768 g/mol. The van der Waals surface area contributed by atoms with E-state index in [0.29, 0.717) is 0 Å². The Kier molecular flexibility index (Phi) is 7.08. The average Bonchev–Trinajstić information content (AvgIpc) is 3.63. The summed E-state index contributed by atoms with van der Waals surface area (Å²) < 4.78 is 15.9. The normalized spacial score (nSPS) is 13.7. The molecule has 4 aliphatic heterocycles. The minimum absolute atomic E-state index is 0.0242. The Balaban J connectivity index is 1.12. The van der Waals surface area contributed by atoms with Crippen molar-refractivity contribution in [3.05, 3.63) is 199 Å². The van der Waals surface area contributed by atoms with Crippen LogP contribution in [0.3, 0.4) is 0 Å². The van der Waals surface area contributed by atoms with Gasteiger partial charge in [-0.3, -0.25) is 0 Å². The lowest BCUT2D eigenvalue weighted by molar-refractivity contribution is 0.487. The molecule has 10 aromatic rings. The summed E-state index contributed by atoms with van der Waals surface area (Å²) >= 11 is 0. The van der Waals surface area contributed by atoms with E-state index in [1.165, 1.54) is 66.1 Å². The SMILES string of the molecule is Cc1ccc(N2c3cc4c(cc3B3c5ccccc5Oc5cccc2c53)c2cc3c(cc2n4-c2ccccc2)N(c2ccc(C)cc2)c2cccc4c2B3c2ccccc2O4)cc1. The summed E-state index contributed by atoms with van der Waals surface area (Å²) in [4.78, 5) is 4.91. The van der Waals surface area contributed by atoms with Crippen molar-refractivity contribution in [3.8, 4) is 28.7 Å². The quantitative estimate of drug-likeness (QED) is 0.166. The summed E-state index contributed by atoms with van der Waals surface area (Å²) in [6, 6.07) is 68.8. The number of hydrogen-bond donors (Lipinski definition) is 0. The van der Waals surface area contributed by atoms with Crippen molar-refractivity contribution < 1.29 is 9.47 Å². The molecule has 0 amide bonds. The van der Waals surface area contributed by atoms with Gasteiger partial charge in [0.15, 0.2) is 0 Å². The smallest absolute Gasteiger partial charge is 0.256 e.